The topological polar surface area (TPSA) is 17.0 Å². The molecule has 0 amide bonds. The van der Waals surface area contributed by atoms with E-state index in [-0.39, 0.29) is 6.67 Å². The maximum absolute atomic E-state index is 11.9. The van der Waals surface area contributed by atoms with E-state index in [0.717, 1.165) is 25.6 Å². The molecule has 0 aliphatic rings. The third kappa shape index (κ3) is 4.79. The van der Waals surface area contributed by atoms with Crippen LogP contribution in [0.2, 0.25) is 0 Å². The van der Waals surface area contributed by atoms with Crippen molar-refractivity contribution in [3.05, 3.63) is 24.0 Å². The number of nitrogens with zero attached hydrogens (tertiary/aromatic N) is 1. The van der Waals surface area contributed by atoms with Gasteiger partial charge in [0.2, 0.25) is 0 Å². The molecule has 1 N–H and O–H groups in total. The molecule has 3 heteroatoms. The fourth-order valence-corrected chi connectivity index (χ4v) is 1.63. The summed E-state index contributed by atoms with van der Waals surface area (Å²) >= 11 is 0. The molecule has 0 aliphatic carbocycles. The summed E-state index contributed by atoms with van der Waals surface area (Å²) in [5, 5.41) is 3.26. The highest BCUT2D eigenvalue weighted by Crippen LogP contribution is 2.07. The van der Waals surface area contributed by atoms with Gasteiger partial charge in [-0.15, -0.1) is 0 Å². The Kier molecular flexibility index (Phi) is 6.16. The SMILES string of the molecule is CC(C)CCn1cccc1CNCCCF. The van der Waals surface area contributed by atoms with Gasteiger partial charge in [0.15, 0.2) is 0 Å². The number of aryl methyl sites for hydroxylation is 1. The number of rotatable bonds is 8. The van der Waals surface area contributed by atoms with Gasteiger partial charge >= 0.3 is 0 Å². The van der Waals surface area contributed by atoms with Gasteiger partial charge in [-0.25, -0.2) is 0 Å². The van der Waals surface area contributed by atoms with Crippen LogP contribution in [0.5, 0.6) is 0 Å². The van der Waals surface area contributed by atoms with Crippen molar-refractivity contribution in [3.63, 3.8) is 0 Å². The molecule has 0 aromatic carbocycles. The maximum Gasteiger partial charge on any atom is 0.0906 e. The summed E-state index contributed by atoms with van der Waals surface area (Å²) in [4.78, 5) is 0. The Hall–Kier alpha value is -0.830. The van der Waals surface area contributed by atoms with E-state index < -0.39 is 0 Å². The molecule has 0 radical (unpaired) electrons. The average Bonchev–Trinajstić information content (AvgIpc) is 2.69. The van der Waals surface area contributed by atoms with Gasteiger partial charge in [-0.1, -0.05) is 13.8 Å². The van der Waals surface area contributed by atoms with Crippen molar-refractivity contribution in [2.24, 2.45) is 5.92 Å². The van der Waals surface area contributed by atoms with Crippen molar-refractivity contribution in [3.8, 4) is 0 Å². The van der Waals surface area contributed by atoms with Crippen LogP contribution in [-0.4, -0.2) is 17.8 Å². The monoisotopic (exact) mass is 226 g/mol. The Morgan fingerprint density at radius 3 is 2.94 bits per heavy atom. The maximum atomic E-state index is 11.9. The van der Waals surface area contributed by atoms with Gasteiger partial charge in [0.1, 0.15) is 0 Å². The Bertz CT molecular complexity index is 281. The number of hydrogen-bond donors (Lipinski definition) is 1. The molecule has 92 valence electrons. The van der Waals surface area contributed by atoms with Gasteiger partial charge < -0.3 is 9.88 Å². The third-order valence-corrected chi connectivity index (χ3v) is 2.66. The van der Waals surface area contributed by atoms with Crippen molar-refractivity contribution >= 4 is 0 Å². The van der Waals surface area contributed by atoms with Crippen LogP contribution < -0.4 is 5.32 Å². The zero-order chi connectivity index (χ0) is 11.8. The van der Waals surface area contributed by atoms with E-state index in [4.69, 9.17) is 0 Å². The lowest BCUT2D eigenvalue weighted by atomic mass is 10.1. The highest BCUT2D eigenvalue weighted by Gasteiger charge is 2.01. The van der Waals surface area contributed by atoms with E-state index in [1.807, 2.05) is 0 Å². The zero-order valence-corrected chi connectivity index (χ0v) is 10.4. The standard InChI is InChI=1S/C13H23FN2/c1-12(2)6-10-16-9-3-5-13(16)11-15-8-4-7-14/h3,5,9,12,15H,4,6-8,10-11H2,1-2H3. The molecule has 0 saturated heterocycles. The largest absolute Gasteiger partial charge is 0.350 e. The summed E-state index contributed by atoms with van der Waals surface area (Å²) in [6.07, 6.45) is 3.92. The van der Waals surface area contributed by atoms with Gasteiger partial charge in [0, 0.05) is 25.0 Å². The quantitative estimate of drug-likeness (QED) is 0.674. The van der Waals surface area contributed by atoms with Crippen LogP contribution in [0.15, 0.2) is 18.3 Å². The molecule has 0 spiro atoms. The van der Waals surface area contributed by atoms with Gasteiger partial charge in [0.05, 0.1) is 6.67 Å². The van der Waals surface area contributed by atoms with E-state index in [1.165, 1.54) is 12.1 Å². The third-order valence-electron chi connectivity index (χ3n) is 2.66. The summed E-state index contributed by atoms with van der Waals surface area (Å²) in [5.74, 6) is 0.731. The minimum atomic E-state index is -0.235. The fourth-order valence-electron chi connectivity index (χ4n) is 1.63. The van der Waals surface area contributed by atoms with E-state index in [0.29, 0.717) is 6.42 Å². The summed E-state index contributed by atoms with van der Waals surface area (Å²) in [6, 6.07) is 4.20. The molecular weight excluding hydrogens is 203 g/mol. The molecular formula is C13H23FN2. The fraction of sp³-hybridized carbons (Fsp3) is 0.692. The summed E-state index contributed by atoms with van der Waals surface area (Å²) in [7, 11) is 0. The second-order valence-electron chi connectivity index (χ2n) is 4.59. The van der Waals surface area contributed by atoms with E-state index in [9.17, 15) is 4.39 Å². The molecule has 0 bridgehead atoms. The molecule has 0 saturated carbocycles. The van der Waals surface area contributed by atoms with Crippen molar-refractivity contribution < 1.29 is 4.39 Å². The number of alkyl halides is 1. The molecule has 0 unspecified atom stereocenters. The van der Waals surface area contributed by atoms with Gasteiger partial charge in [-0.05, 0) is 37.4 Å². The smallest absolute Gasteiger partial charge is 0.0906 e. The number of hydrogen-bond acceptors (Lipinski definition) is 1. The first-order valence-corrected chi connectivity index (χ1v) is 6.14. The van der Waals surface area contributed by atoms with Gasteiger partial charge in [-0.3, -0.25) is 4.39 Å². The van der Waals surface area contributed by atoms with Crippen molar-refractivity contribution in [2.75, 3.05) is 13.2 Å². The van der Waals surface area contributed by atoms with E-state index in [2.05, 4.69) is 42.1 Å². The molecule has 0 fully saturated rings. The Labute approximate surface area is 97.9 Å². The molecule has 1 heterocycles. The Balaban J connectivity index is 2.32. The predicted octanol–water partition coefficient (Wildman–Crippen LogP) is 2.98. The predicted molar refractivity (Wildman–Crippen MR) is 66.2 cm³/mol. The number of halogens is 1. The number of aromatic nitrogens is 1. The van der Waals surface area contributed by atoms with Crippen LogP contribution in [0.3, 0.4) is 0 Å². The molecule has 16 heavy (non-hydrogen) atoms. The first-order chi connectivity index (χ1) is 7.74. The molecule has 0 aliphatic heterocycles. The second-order valence-corrected chi connectivity index (χ2v) is 4.59. The van der Waals surface area contributed by atoms with Crippen LogP contribution >= 0.6 is 0 Å². The summed E-state index contributed by atoms with van der Waals surface area (Å²) < 4.78 is 14.2. The lowest BCUT2D eigenvalue weighted by molar-refractivity contribution is 0.454. The van der Waals surface area contributed by atoms with Crippen molar-refractivity contribution in [1.29, 1.82) is 0 Å². The van der Waals surface area contributed by atoms with Crippen LogP contribution in [0, 0.1) is 5.92 Å². The Morgan fingerprint density at radius 2 is 2.25 bits per heavy atom. The summed E-state index contributed by atoms with van der Waals surface area (Å²) in [5.41, 5.74) is 1.29. The molecule has 2 nitrogen and oxygen atoms in total. The molecule has 1 aromatic heterocycles. The lowest BCUT2D eigenvalue weighted by Gasteiger charge is -2.11. The van der Waals surface area contributed by atoms with E-state index in [1.54, 1.807) is 0 Å². The highest BCUT2D eigenvalue weighted by molar-refractivity contribution is 5.06. The van der Waals surface area contributed by atoms with Gasteiger partial charge in [0.25, 0.3) is 0 Å². The minimum Gasteiger partial charge on any atom is -0.350 e. The first kappa shape index (κ1) is 13.2. The van der Waals surface area contributed by atoms with Crippen LogP contribution in [0.4, 0.5) is 4.39 Å². The normalized spacial score (nSPS) is 11.2. The van der Waals surface area contributed by atoms with E-state index >= 15 is 0 Å². The van der Waals surface area contributed by atoms with Crippen molar-refractivity contribution in [2.45, 2.75) is 39.8 Å². The zero-order valence-electron chi connectivity index (χ0n) is 10.4. The van der Waals surface area contributed by atoms with Gasteiger partial charge in [-0.2, -0.15) is 0 Å². The van der Waals surface area contributed by atoms with Crippen LogP contribution in [0.25, 0.3) is 0 Å². The number of nitrogens with one attached hydrogen (secondary N) is 1. The lowest BCUT2D eigenvalue weighted by Crippen LogP contribution is -2.18. The Morgan fingerprint density at radius 1 is 1.44 bits per heavy atom. The average molecular weight is 226 g/mol. The van der Waals surface area contributed by atoms with Crippen LogP contribution in [-0.2, 0) is 13.1 Å². The summed E-state index contributed by atoms with van der Waals surface area (Å²) in [6.45, 7) is 6.91. The molecule has 0 atom stereocenters. The molecule has 1 aromatic rings. The highest BCUT2D eigenvalue weighted by atomic mass is 19.1. The molecule has 1 rings (SSSR count). The minimum absolute atomic E-state index is 0.235. The van der Waals surface area contributed by atoms with Crippen LogP contribution in [0.1, 0.15) is 32.4 Å². The first-order valence-electron chi connectivity index (χ1n) is 6.14. The van der Waals surface area contributed by atoms with Crippen molar-refractivity contribution in [1.82, 2.24) is 9.88 Å². The second kappa shape index (κ2) is 7.44.